The van der Waals surface area contributed by atoms with Crippen molar-refractivity contribution in [2.24, 2.45) is 5.92 Å². The Morgan fingerprint density at radius 3 is 2.45 bits per heavy atom. The Balaban J connectivity index is 1.79. The molecular weight excluding hydrogens is 361 g/mol. The predicted molar refractivity (Wildman–Crippen MR) is 117 cm³/mol. The lowest BCUT2D eigenvalue weighted by Crippen LogP contribution is -2.13. The van der Waals surface area contributed by atoms with Gasteiger partial charge in [-0.1, -0.05) is 56.9 Å². The van der Waals surface area contributed by atoms with E-state index in [1.54, 1.807) is 13.0 Å². The number of methoxy groups -OCH3 is 1. The molecule has 3 heteroatoms. The first kappa shape index (κ1) is 21.4. The van der Waals surface area contributed by atoms with E-state index in [1.807, 2.05) is 18.2 Å². The fraction of sp³-hybridized carbons (Fsp3) is 0.500. The first-order valence-electron chi connectivity index (χ1n) is 11.0. The summed E-state index contributed by atoms with van der Waals surface area (Å²) in [5.41, 5.74) is 3.74. The summed E-state index contributed by atoms with van der Waals surface area (Å²) in [6.07, 6.45) is 10.3. The fourth-order valence-electron chi connectivity index (χ4n) is 4.68. The Labute approximate surface area is 174 Å². The van der Waals surface area contributed by atoms with E-state index in [2.05, 4.69) is 19.1 Å². The molecule has 0 heterocycles. The van der Waals surface area contributed by atoms with Gasteiger partial charge >= 0.3 is 0 Å². The number of halogens is 1. The van der Waals surface area contributed by atoms with Crippen LogP contribution in [-0.4, -0.2) is 7.11 Å². The second-order valence-corrected chi connectivity index (χ2v) is 8.41. The van der Waals surface area contributed by atoms with Crippen LogP contribution in [0.25, 0.3) is 11.1 Å². The minimum atomic E-state index is -0.362. The third-order valence-corrected chi connectivity index (χ3v) is 6.48. The van der Waals surface area contributed by atoms with Gasteiger partial charge in [-0.15, -0.1) is 0 Å². The second-order valence-electron chi connectivity index (χ2n) is 8.41. The van der Waals surface area contributed by atoms with Crippen LogP contribution in [0.2, 0.25) is 0 Å². The van der Waals surface area contributed by atoms with Gasteiger partial charge in [0, 0.05) is 11.1 Å². The predicted octanol–water partition coefficient (Wildman–Crippen LogP) is 7.54. The van der Waals surface area contributed by atoms with Crippen molar-refractivity contribution in [1.82, 2.24) is 0 Å². The Hall–Kier alpha value is -2.34. The minimum Gasteiger partial charge on any atom is -0.493 e. The van der Waals surface area contributed by atoms with E-state index >= 15 is 0 Å². The standard InChI is InChI=1S/C26H32FNO/c1-4-5-6-7-19-9-11-20(12-10-19)21-13-15-23(22(16-21)17-28)24-14-8-18(2)25(27)26(24)29-3/h8,13-16,19-20H,4-7,9-12H2,1-3H3. The lowest BCUT2D eigenvalue weighted by atomic mass is 9.76. The summed E-state index contributed by atoms with van der Waals surface area (Å²) in [4.78, 5) is 0. The number of nitriles is 1. The van der Waals surface area contributed by atoms with E-state index in [1.165, 1.54) is 64.0 Å². The molecule has 0 atom stereocenters. The first-order valence-corrected chi connectivity index (χ1v) is 11.0. The SMILES string of the molecule is CCCCCC1CCC(c2ccc(-c3ccc(C)c(F)c3OC)c(C#N)c2)CC1. The quantitative estimate of drug-likeness (QED) is 0.455. The highest BCUT2D eigenvalue weighted by Gasteiger charge is 2.23. The highest BCUT2D eigenvalue weighted by Crippen LogP contribution is 2.40. The molecule has 1 saturated carbocycles. The molecule has 0 aliphatic heterocycles. The van der Waals surface area contributed by atoms with Crippen molar-refractivity contribution >= 4 is 0 Å². The zero-order chi connectivity index (χ0) is 20.8. The molecule has 154 valence electrons. The third kappa shape index (κ3) is 4.81. The largest absolute Gasteiger partial charge is 0.493 e. The molecule has 0 unspecified atom stereocenters. The summed E-state index contributed by atoms with van der Waals surface area (Å²) in [5, 5.41) is 9.77. The van der Waals surface area contributed by atoms with Gasteiger partial charge in [-0.05, 0) is 61.6 Å². The molecule has 0 amide bonds. The van der Waals surface area contributed by atoms with Crippen LogP contribution in [0.1, 0.15) is 80.9 Å². The van der Waals surface area contributed by atoms with Gasteiger partial charge in [-0.3, -0.25) is 0 Å². The Morgan fingerprint density at radius 1 is 1.07 bits per heavy atom. The molecule has 0 aromatic heterocycles. The number of rotatable bonds is 7. The average molecular weight is 394 g/mol. The summed E-state index contributed by atoms with van der Waals surface area (Å²) in [6, 6.07) is 12.0. The van der Waals surface area contributed by atoms with Crippen LogP contribution in [0, 0.1) is 30.0 Å². The van der Waals surface area contributed by atoms with Crippen LogP contribution in [0.5, 0.6) is 5.75 Å². The van der Waals surface area contributed by atoms with Gasteiger partial charge in [0.25, 0.3) is 0 Å². The number of nitrogens with zero attached hydrogens (tertiary/aromatic N) is 1. The monoisotopic (exact) mass is 393 g/mol. The van der Waals surface area contributed by atoms with Crippen LogP contribution >= 0.6 is 0 Å². The normalized spacial score (nSPS) is 19.0. The number of benzene rings is 2. The Bertz CT molecular complexity index is 875. The Kier molecular flexibility index (Phi) is 7.31. The van der Waals surface area contributed by atoms with Crippen molar-refractivity contribution in [1.29, 1.82) is 5.26 Å². The maximum atomic E-state index is 14.5. The van der Waals surface area contributed by atoms with E-state index in [9.17, 15) is 9.65 Å². The number of hydrogen-bond acceptors (Lipinski definition) is 2. The van der Waals surface area contributed by atoms with Gasteiger partial charge in [0.05, 0.1) is 18.7 Å². The van der Waals surface area contributed by atoms with Crippen molar-refractivity contribution in [3.05, 3.63) is 52.8 Å². The second kappa shape index (κ2) is 9.92. The molecule has 2 aromatic carbocycles. The van der Waals surface area contributed by atoms with Crippen molar-refractivity contribution in [2.45, 2.75) is 71.1 Å². The van der Waals surface area contributed by atoms with Gasteiger partial charge in [0.1, 0.15) is 0 Å². The summed E-state index contributed by atoms with van der Waals surface area (Å²) in [6.45, 7) is 3.97. The average Bonchev–Trinajstić information content (AvgIpc) is 2.76. The van der Waals surface area contributed by atoms with Gasteiger partial charge in [-0.2, -0.15) is 5.26 Å². The highest BCUT2D eigenvalue weighted by molar-refractivity contribution is 5.76. The smallest absolute Gasteiger partial charge is 0.168 e. The fourth-order valence-corrected chi connectivity index (χ4v) is 4.68. The van der Waals surface area contributed by atoms with Crippen molar-refractivity contribution in [3.63, 3.8) is 0 Å². The molecular formula is C26H32FNO. The number of hydrogen-bond donors (Lipinski definition) is 0. The topological polar surface area (TPSA) is 33.0 Å². The van der Waals surface area contributed by atoms with Gasteiger partial charge in [-0.25, -0.2) is 4.39 Å². The summed E-state index contributed by atoms with van der Waals surface area (Å²) in [7, 11) is 1.47. The zero-order valence-corrected chi connectivity index (χ0v) is 17.9. The molecule has 1 aliphatic carbocycles. The molecule has 0 N–H and O–H groups in total. The molecule has 1 fully saturated rings. The van der Waals surface area contributed by atoms with E-state index in [0.717, 1.165) is 11.5 Å². The number of unbranched alkanes of at least 4 members (excludes halogenated alkanes) is 2. The van der Waals surface area contributed by atoms with Crippen molar-refractivity contribution < 1.29 is 9.13 Å². The molecule has 0 bridgehead atoms. The molecule has 2 nitrogen and oxygen atoms in total. The molecule has 29 heavy (non-hydrogen) atoms. The number of aryl methyl sites for hydroxylation is 1. The van der Waals surface area contributed by atoms with Crippen LogP contribution in [0.3, 0.4) is 0 Å². The highest BCUT2D eigenvalue weighted by atomic mass is 19.1. The zero-order valence-electron chi connectivity index (χ0n) is 17.9. The summed E-state index contributed by atoms with van der Waals surface area (Å²) >= 11 is 0. The molecule has 3 rings (SSSR count). The van der Waals surface area contributed by atoms with Gasteiger partial charge in [0.2, 0.25) is 0 Å². The van der Waals surface area contributed by atoms with E-state index in [4.69, 9.17) is 4.74 Å². The lowest BCUT2D eigenvalue weighted by Gasteiger charge is -2.29. The first-order chi connectivity index (χ1) is 14.1. The lowest BCUT2D eigenvalue weighted by molar-refractivity contribution is 0.303. The van der Waals surface area contributed by atoms with Crippen molar-refractivity contribution in [2.75, 3.05) is 7.11 Å². The summed E-state index contributed by atoms with van der Waals surface area (Å²) < 4.78 is 19.8. The molecule has 1 aliphatic rings. The molecule has 2 aromatic rings. The summed E-state index contributed by atoms with van der Waals surface area (Å²) in [5.74, 6) is 1.24. The van der Waals surface area contributed by atoms with Crippen LogP contribution < -0.4 is 4.74 Å². The van der Waals surface area contributed by atoms with Gasteiger partial charge < -0.3 is 4.74 Å². The van der Waals surface area contributed by atoms with E-state index < -0.39 is 0 Å². The molecule has 0 spiro atoms. The maximum Gasteiger partial charge on any atom is 0.168 e. The van der Waals surface area contributed by atoms with E-state index in [0.29, 0.717) is 22.6 Å². The van der Waals surface area contributed by atoms with Gasteiger partial charge in [0.15, 0.2) is 11.6 Å². The van der Waals surface area contributed by atoms with Crippen LogP contribution in [0.15, 0.2) is 30.3 Å². The van der Waals surface area contributed by atoms with Crippen LogP contribution in [-0.2, 0) is 0 Å². The minimum absolute atomic E-state index is 0.210. The Morgan fingerprint density at radius 2 is 1.79 bits per heavy atom. The van der Waals surface area contributed by atoms with Crippen molar-refractivity contribution in [3.8, 4) is 22.9 Å². The number of ether oxygens (including phenoxy) is 1. The molecule has 0 radical (unpaired) electrons. The third-order valence-electron chi connectivity index (χ3n) is 6.48. The molecule has 0 saturated heterocycles. The maximum absolute atomic E-state index is 14.5. The van der Waals surface area contributed by atoms with Crippen LogP contribution in [0.4, 0.5) is 4.39 Å². The van der Waals surface area contributed by atoms with E-state index in [-0.39, 0.29) is 11.6 Å².